The van der Waals surface area contributed by atoms with Crippen molar-refractivity contribution in [3.8, 4) is 0 Å². The Labute approximate surface area is 127 Å². The van der Waals surface area contributed by atoms with Crippen molar-refractivity contribution in [2.45, 2.75) is 52.0 Å². The van der Waals surface area contributed by atoms with Crippen LogP contribution >= 0.6 is 0 Å². The molecule has 3 heteroatoms. The molecule has 1 unspecified atom stereocenters. The molecule has 2 aromatic rings. The zero-order valence-corrected chi connectivity index (χ0v) is 13.1. The zero-order chi connectivity index (χ0) is 14.8. The number of rotatable bonds is 6. The van der Waals surface area contributed by atoms with Crippen molar-refractivity contribution in [2.75, 3.05) is 6.54 Å². The van der Waals surface area contributed by atoms with Crippen LogP contribution in [0.15, 0.2) is 24.3 Å². The minimum Gasteiger partial charge on any atom is -0.330 e. The lowest BCUT2D eigenvalue weighted by Gasteiger charge is -2.30. The van der Waals surface area contributed by atoms with Crippen LogP contribution in [0.1, 0.15) is 47.8 Å². The van der Waals surface area contributed by atoms with Gasteiger partial charge in [-0.3, -0.25) is 4.68 Å². The van der Waals surface area contributed by atoms with Gasteiger partial charge in [0.25, 0.3) is 0 Å². The number of hydrogen-bond donors (Lipinski definition) is 1. The summed E-state index contributed by atoms with van der Waals surface area (Å²) in [5.74, 6) is 0.627. The highest BCUT2D eigenvalue weighted by Crippen LogP contribution is 2.36. The molecule has 0 radical (unpaired) electrons. The van der Waals surface area contributed by atoms with Crippen molar-refractivity contribution in [3.05, 3.63) is 52.3 Å². The average Bonchev–Trinajstić information content (AvgIpc) is 2.82. The van der Waals surface area contributed by atoms with E-state index in [9.17, 15) is 0 Å². The number of aryl methyl sites for hydroxylation is 1. The summed E-state index contributed by atoms with van der Waals surface area (Å²) in [7, 11) is 0. The summed E-state index contributed by atoms with van der Waals surface area (Å²) in [5.41, 5.74) is 12.8. The first-order valence-electron chi connectivity index (χ1n) is 8.13. The molecule has 1 aliphatic rings. The predicted octanol–water partition coefficient (Wildman–Crippen LogP) is 2.85. The molecule has 1 aromatic heterocycles. The van der Waals surface area contributed by atoms with Gasteiger partial charge in [-0.15, -0.1) is 0 Å². The molecule has 3 rings (SSSR count). The Morgan fingerprint density at radius 1 is 1.24 bits per heavy atom. The van der Waals surface area contributed by atoms with Crippen LogP contribution in [-0.4, -0.2) is 16.3 Å². The van der Waals surface area contributed by atoms with Gasteiger partial charge >= 0.3 is 0 Å². The lowest BCUT2D eigenvalue weighted by molar-refractivity contribution is 0.461. The summed E-state index contributed by atoms with van der Waals surface area (Å²) in [6, 6.07) is 8.79. The summed E-state index contributed by atoms with van der Waals surface area (Å²) in [5, 5.41) is 4.87. The predicted molar refractivity (Wildman–Crippen MR) is 86.6 cm³/mol. The second-order valence-corrected chi connectivity index (χ2v) is 5.90. The topological polar surface area (TPSA) is 43.8 Å². The molecule has 0 fully saturated rings. The Kier molecular flexibility index (Phi) is 4.11. The molecule has 0 amide bonds. The number of fused-ring (bicyclic) bond motifs is 1. The third-order valence-electron chi connectivity index (χ3n) is 4.67. The quantitative estimate of drug-likeness (QED) is 0.886. The van der Waals surface area contributed by atoms with Crippen LogP contribution in [0, 0.1) is 0 Å². The van der Waals surface area contributed by atoms with Gasteiger partial charge in [0.1, 0.15) is 0 Å². The number of aromatic nitrogens is 2. The molecule has 3 nitrogen and oxygen atoms in total. The number of hydrogen-bond acceptors (Lipinski definition) is 2. The van der Waals surface area contributed by atoms with Crippen molar-refractivity contribution < 1.29 is 0 Å². The van der Waals surface area contributed by atoms with Crippen molar-refractivity contribution in [1.82, 2.24) is 9.78 Å². The van der Waals surface area contributed by atoms with Crippen LogP contribution in [0.5, 0.6) is 0 Å². The summed E-state index contributed by atoms with van der Waals surface area (Å²) in [6.45, 7) is 6.13. The van der Waals surface area contributed by atoms with Crippen LogP contribution in [0.25, 0.3) is 0 Å². The largest absolute Gasteiger partial charge is 0.330 e. The van der Waals surface area contributed by atoms with E-state index in [4.69, 9.17) is 10.8 Å². The molecule has 0 aliphatic heterocycles. The van der Waals surface area contributed by atoms with Crippen molar-refractivity contribution in [1.29, 1.82) is 0 Å². The molecule has 2 N–H and O–H groups in total. The molecule has 1 atom stereocenters. The molecule has 21 heavy (non-hydrogen) atoms. The smallest absolute Gasteiger partial charge is 0.0657 e. The van der Waals surface area contributed by atoms with Gasteiger partial charge in [0.15, 0.2) is 0 Å². The molecule has 0 spiro atoms. The van der Waals surface area contributed by atoms with Gasteiger partial charge in [0.2, 0.25) is 0 Å². The van der Waals surface area contributed by atoms with Crippen LogP contribution in [-0.2, 0) is 32.2 Å². The van der Waals surface area contributed by atoms with Crippen LogP contribution in [0.4, 0.5) is 0 Å². The standard InChI is InChI=1S/C18H25N3/c1-3-17-16(9-10-19)18(4-2)21(20-17)12-14-11-13-7-5-6-8-15(13)14/h5-8,14H,3-4,9-12,19H2,1-2H3. The van der Waals surface area contributed by atoms with Crippen molar-refractivity contribution in [2.24, 2.45) is 5.73 Å². The average molecular weight is 283 g/mol. The minimum absolute atomic E-state index is 0.627. The highest BCUT2D eigenvalue weighted by molar-refractivity contribution is 5.40. The monoisotopic (exact) mass is 283 g/mol. The van der Waals surface area contributed by atoms with Gasteiger partial charge in [0, 0.05) is 18.2 Å². The first kappa shape index (κ1) is 14.3. The van der Waals surface area contributed by atoms with Crippen molar-refractivity contribution >= 4 is 0 Å². The number of benzene rings is 1. The third kappa shape index (κ3) is 2.51. The Morgan fingerprint density at radius 2 is 2.05 bits per heavy atom. The fourth-order valence-electron chi connectivity index (χ4n) is 3.59. The van der Waals surface area contributed by atoms with E-state index in [1.807, 2.05) is 0 Å². The maximum Gasteiger partial charge on any atom is 0.0657 e. The molecular weight excluding hydrogens is 258 g/mol. The fraction of sp³-hybridized carbons (Fsp3) is 0.500. The van der Waals surface area contributed by atoms with Gasteiger partial charge in [-0.25, -0.2) is 0 Å². The second-order valence-electron chi connectivity index (χ2n) is 5.90. The second kappa shape index (κ2) is 6.02. The Morgan fingerprint density at radius 3 is 2.71 bits per heavy atom. The van der Waals surface area contributed by atoms with Crippen molar-refractivity contribution in [3.63, 3.8) is 0 Å². The first-order valence-corrected chi connectivity index (χ1v) is 8.13. The van der Waals surface area contributed by atoms with E-state index in [2.05, 4.69) is 42.8 Å². The van der Waals surface area contributed by atoms with Gasteiger partial charge in [-0.1, -0.05) is 38.1 Å². The Balaban J connectivity index is 1.86. The van der Waals surface area contributed by atoms with Gasteiger partial charge in [-0.2, -0.15) is 5.10 Å². The molecule has 0 saturated heterocycles. The maximum atomic E-state index is 5.78. The lowest BCUT2D eigenvalue weighted by atomic mass is 9.77. The first-order chi connectivity index (χ1) is 10.3. The summed E-state index contributed by atoms with van der Waals surface area (Å²) >= 11 is 0. The SMILES string of the molecule is CCc1nn(CC2Cc3ccccc32)c(CC)c1CCN. The summed E-state index contributed by atoms with van der Waals surface area (Å²) in [4.78, 5) is 0. The number of nitrogens with zero attached hydrogens (tertiary/aromatic N) is 2. The van der Waals surface area contributed by atoms with E-state index in [0.717, 1.165) is 25.8 Å². The van der Waals surface area contributed by atoms with E-state index in [1.165, 1.54) is 34.5 Å². The summed E-state index contributed by atoms with van der Waals surface area (Å²) in [6.07, 6.45) is 4.17. The van der Waals surface area contributed by atoms with Gasteiger partial charge in [0.05, 0.1) is 5.69 Å². The van der Waals surface area contributed by atoms with Crippen LogP contribution < -0.4 is 5.73 Å². The van der Waals surface area contributed by atoms with Gasteiger partial charge < -0.3 is 5.73 Å². The van der Waals surface area contributed by atoms with E-state index in [0.29, 0.717) is 12.5 Å². The lowest BCUT2D eigenvalue weighted by Crippen LogP contribution is -2.23. The Hall–Kier alpha value is -1.61. The molecule has 112 valence electrons. The maximum absolute atomic E-state index is 5.78. The summed E-state index contributed by atoms with van der Waals surface area (Å²) < 4.78 is 2.25. The molecule has 1 aromatic carbocycles. The van der Waals surface area contributed by atoms with E-state index >= 15 is 0 Å². The molecule has 0 saturated carbocycles. The number of nitrogens with two attached hydrogens (primary N) is 1. The van der Waals surface area contributed by atoms with Crippen LogP contribution in [0.2, 0.25) is 0 Å². The van der Waals surface area contributed by atoms with Crippen LogP contribution in [0.3, 0.4) is 0 Å². The fourth-order valence-corrected chi connectivity index (χ4v) is 3.59. The highest BCUT2D eigenvalue weighted by atomic mass is 15.3. The molecule has 0 bridgehead atoms. The van der Waals surface area contributed by atoms with Gasteiger partial charge in [-0.05, 0) is 48.9 Å². The Bertz CT molecular complexity index is 627. The zero-order valence-electron chi connectivity index (χ0n) is 13.1. The minimum atomic E-state index is 0.627. The highest BCUT2D eigenvalue weighted by Gasteiger charge is 2.27. The van der Waals surface area contributed by atoms with E-state index in [-0.39, 0.29) is 0 Å². The van der Waals surface area contributed by atoms with E-state index < -0.39 is 0 Å². The molecule has 1 heterocycles. The molecular formula is C18H25N3. The normalized spacial score (nSPS) is 16.6. The third-order valence-corrected chi connectivity index (χ3v) is 4.67. The van der Waals surface area contributed by atoms with E-state index in [1.54, 1.807) is 0 Å². The molecule has 1 aliphatic carbocycles.